The van der Waals surface area contributed by atoms with Gasteiger partial charge in [-0.3, -0.25) is 0 Å². The fourth-order valence-corrected chi connectivity index (χ4v) is 2.32. The fourth-order valence-electron chi connectivity index (χ4n) is 2.17. The summed E-state index contributed by atoms with van der Waals surface area (Å²) in [5.74, 6) is 0.502. The van der Waals surface area contributed by atoms with Crippen molar-refractivity contribution in [2.24, 2.45) is 0 Å². The summed E-state index contributed by atoms with van der Waals surface area (Å²) < 4.78 is 7.52. The van der Waals surface area contributed by atoms with Gasteiger partial charge in [0.05, 0.1) is 23.7 Å². The Morgan fingerprint density at radius 2 is 2.22 bits per heavy atom. The largest absolute Gasteiger partial charge is 0.377 e. The highest BCUT2D eigenvalue weighted by Gasteiger charge is 2.14. The molecular formula is C13H18ClN3O. The first-order valence-corrected chi connectivity index (χ1v) is 6.44. The molecule has 0 spiro atoms. The zero-order valence-electron chi connectivity index (χ0n) is 10.9. The number of benzene rings is 1. The van der Waals surface area contributed by atoms with Crippen molar-refractivity contribution >= 4 is 28.6 Å². The Morgan fingerprint density at radius 3 is 2.89 bits per heavy atom. The Morgan fingerprint density at radius 1 is 1.50 bits per heavy atom. The molecule has 0 amide bonds. The number of aromatic nitrogens is 2. The second kappa shape index (κ2) is 5.16. The molecule has 1 unspecified atom stereocenters. The lowest BCUT2D eigenvalue weighted by molar-refractivity contribution is 0.0652. The maximum atomic E-state index is 6.15. The predicted molar refractivity (Wildman–Crippen MR) is 75.0 cm³/mol. The van der Waals surface area contributed by atoms with E-state index in [-0.39, 0.29) is 6.10 Å². The highest BCUT2D eigenvalue weighted by molar-refractivity contribution is 6.32. The summed E-state index contributed by atoms with van der Waals surface area (Å²) in [6.07, 6.45) is 0.0908. The van der Waals surface area contributed by atoms with Crippen molar-refractivity contribution in [2.75, 3.05) is 12.3 Å². The van der Waals surface area contributed by atoms with Crippen LogP contribution >= 0.6 is 11.6 Å². The van der Waals surface area contributed by atoms with Crippen LogP contribution in [-0.4, -0.2) is 22.3 Å². The van der Waals surface area contributed by atoms with Crippen LogP contribution in [0.2, 0.25) is 5.02 Å². The van der Waals surface area contributed by atoms with E-state index in [4.69, 9.17) is 22.1 Å². The number of halogens is 1. The van der Waals surface area contributed by atoms with Crippen molar-refractivity contribution in [1.29, 1.82) is 0 Å². The number of hydrogen-bond donors (Lipinski definition) is 1. The molecule has 0 aliphatic rings. The molecule has 1 aromatic carbocycles. The fraction of sp³-hybridized carbons (Fsp3) is 0.462. The van der Waals surface area contributed by atoms with Crippen LogP contribution in [0.5, 0.6) is 0 Å². The van der Waals surface area contributed by atoms with Gasteiger partial charge in [0.1, 0.15) is 0 Å². The molecule has 0 bridgehead atoms. The Labute approximate surface area is 112 Å². The van der Waals surface area contributed by atoms with Gasteiger partial charge in [0.25, 0.3) is 0 Å². The molecule has 0 aliphatic heterocycles. The third-order valence-electron chi connectivity index (χ3n) is 3.02. The molecule has 2 aromatic rings. The highest BCUT2D eigenvalue weighted by atomic mass is 35.5. The summed E-state index contributed by atoms with van der Waals surface area (Å²) in [4.78, 5) is 4.35. The second-order valence-corrected chi connectivity index (χ2v) is 4.79. The summed E-state index contributed by atoms with van der Waals surface area (Å²) in [5.41, 5.74) is 8.84. The van der Waals surface area contributed by atoms with E-state index in [1.807, 2.05) is 37.5 Å². The number of hydrogen-bond acceptors (Lipinski definition) is 3. The molecular weight excluding hydrogens is 250 g/mol. The molecule has 0 saturated heterocycles. The predicted octanol–water partition coefficient (Wildman–Crippen LogP) is 3.01. The molecule has 0 fully saturated rings. The van der Waals surface area contributed by atoms with Gasteiger partial charge in [-0.15, -0.1) is 0 Å². The quantitative estimate of drug-likeness (QED) is 0.926. The molecule has 2 N–H and O–H groups in total. The number of rotatable bonds is 4. The average Bonchev–Trinajstić information content (AvgIpc) is 2.62. The van der Waals surface area contributed by atoms with Crippen molar-refractivity contribution in [3.63, 3.8) is 0 Å². The zero-order valence-corrected chi connectivity index (χ0v) is 11.7. The molecule has 2 rings (SSSR count). The van der Waals surface area contributed by atoms with Crippen LogP contribution in [0.3, 0.4) is 0 Å². The zero-order chi connectivity index (χ0) is 13.3. The number of nitrogens with two attached hydrogens (primary N) is 1. The smallest absolute Gasteiger partial charge is 0.201 e. The Hall–Kier alpha value is -1.26. The number of nitrogen functional groups attached to an aromatic ring is 1. The van der Waals surface area contributed by atoms with Crippen molar-refractivity contribution < 1.29 is 4.74 Å². The lowest BCUT2D eigenvalue weighted by atomic mass is 10.2. The van der Waals surface area contributed by atoms with E-state index in [1.54, 1.807) is 0 Å². The summed E-state index contributed by atoms with van der Waals surface area (Å²) in [6.45, 7) is 7.35. The van der Waals surface area contributed by atoms with E-state index in [0.29, 0.717) is 19.1 Å². The van der Waals surface area contributed by atoms with Gasteiger partial charge in [0.15, 0.2) is 0 Å². The minimum atomic E-state index is 0.0908. The number of nitrogens with zero attached hydrogens (tertiary/aromatic N) is 2. The molecule has 1 atom stereocenters. The van der Waals surface area contributed by atoms with Gasteiger partial charge in [-0.2, -0.15) is 0 Å². The number of ether oxygens (including phenoxy) is 1. The summed E-state index contributed by atoms with van der Waals surface area (Å²) >= 11 is 6.15. The van der Waals surface area contributed by atoms with Crippen LogP contribution in [0.15, 0.2) is 12.1 Å². The molecule has 0 saturated carbocycles. The molecule has 0 aliphatic carbocycles. The van der Waals surface area contributed by atoms with Gasteiger partial charge < -0.3 is 15.0 Å². The van der Waals surface area contributed by atoms with Crippen molar-refractivity contribution in [2.45, 2.75) is 33.4 Å². The summed E-state index contributed by atoms with van der Waals surface area (Å²) in [6, 6.07) is 3.74. The van der Waals surface area contributed by atoms with Crippen LogP contribution in [0.25, 0.3) is 11.0 Å². The molecule has 18 heavy (non-hydrogen) atoms. The lowest BCUT2D eigenvalue weighted by Crippen LogP contribution is -2.18. The highest BCUT2D eigenvalue weighted by Crippen LogP contribution is 2.27. The van der Waals surface area contributed by atoms with Gasteiger partial charge in [0, 0.05) is 11.6 Å². The standard InChI is InChI=1S/C13H18ClN3O/c1-4-18-8(2)7-17-12-9(3)10(14)5-6-11(12)16-13(17)15/h5-6,8H,4,7H2,1-3H3,(H2,15,16). The van der Waals surface area contributed by atoms with E-state index in [1.165, 1.54) is 0 Å². The number of fused-ring (bicyclic) bond motifs is 1. The third kappa shape index (κ3) is 2.31. The van der Waals surface area contributed by atoms with Crippen LogP contribution in [0.4, 0.5) is 5.95 Å². The van der Waals surface area contributed by atoms with Crippen LogP contribution < -0.4 is 5.73 Å². The third-order valence-corrected chi connectivity index (χ3v) is 3.43. The van der Waals surface area contributed by atoms with Gasteiger partial charge in [0.2, 0.25) is 5.95 Å². The SMILES string of the molecule is CCOC(C)Cn1c(N)nc2ccc(Cl)c(C)c21. The van der Waals surface area contributed by atoms with E-state index >= 15 is 0 Å². The van der Waals surface area contributed by atoms with E-state index in [0.717, 1.165) is 21.6 Å². The number of anilines is 1. The minimum absolute atomic E-state index is 0.0908. The normalized spacial score (nSPS) is 13.1. The first-order valence-electron chi connectivity index (χ1n) is 6.07. The van der Waals surface area contributed by atoms with Crippen LogP contribution in [0, 0.1) is 6.92 Å². The molecule has 0 radical (unpaired) electrons. The first-order chi connectivity index (χ1) is 8.54. The number of imidazole rings is 1. The molecule has 4 nitrogen and oxygen atoms in total. The lowest BCUT2D eigenvalue weighted by Gasteiger charge is -2.15. The molecule has 1 aromatic heterocycles. The molecule has 1 heterocycles. The topological polar surface area (TPSA) is 53.1 Å². The summed E-state index contributed by atoms with van der Waals surface area (Å²) in [7, 11) is 0. The molecule has 5 heteroatoms. The van der Waals surface area contributed by atoms with E-state index < -0.39 is 0 Å². The van der Waals surface area contributed by atoms with E-state index in [2.05, 4.69) is 4.98 Å². The summed E-state index contributed by atoms with van der Waals surface area (Å²) in [5, 5.41) is 0.729. The second-order valence-electron chi connectivity index (χ2n) is 4.39. The first kappa shape index (κ1) is 13.2. The Bertz CT molecular complexity index is 565. The van der Waals surface area contributed by atoms with Crippen LogP contribution in [-0.2, 0) is 11.3 Å². The van der Waals surface area contributed by atoms with Gasteiger partial charge in [-0.1, -0.05) is 11.6 Å². The molecule has 98 valence electrons. The van der Waals surface area contributed by atoms with Gasteiger partial charge in [-0.25, -0.2) is 4.98 Å². The van der Waals surface area contributed by atoms with Crippen molar-refractivity contribution in [3.05, 3.63) is 22.7 Å². The Balaban J connectivity index is 2.49. The monoisotopic (exact) mass is 267 g/mol. The van der Waals surface area contributed by atoms with Crippen LogP contribution in [0.1, 0.15) is 19.4 Å². The number of aryl methyl sites for hydroxylation is 1. The maximum Gasteiger partial charge on any atom is 0.201 e. The van der Waals surface area contributed by atoms with Gasteiger partial charge >= 0.3 is 0 Å². The van der Waals surface area contributed by atoms with Crippen molar-refractivity contribution in [1.82, 2.24) is 9.55 Å². The Kier molecular flexibility index (Phi) is 3.78. The van der Waals surface area contributed by atoms with E-state index in [9.17, 15) is 0 Å². The minimum Gasteiger partial charge on any atom is -0.377 e. The maximum absolute atomic E-state index is 6.15. The van der Waals surface area contributed by atoms with Gasteiger partial charge in [-0.05, 0) is 38.5 Å². The van der Waals surface area contributed by atoms with Crippen molar-refractivity contribution in [3.8, 4) is 0 Å². The average molecular weight is 268 g/mol.